The highest BCUT2D eigenvalue weighted by atomic mass is 32.1. The molecule has 1 saturated heterocycles. The Bertz CT molecular complexity index is 627. The van der Waals surface area contributed by atoms with Gasteiger partial charge in [-0.05, 0) is 26.7 Å². The monoisotopic (exact) mass is 308 g/mol. The standard InChI is InChI=1S/C14H16N2O2S2/c1-8-14(20-9(2)15-8)10-7-19-13(16-10)6-11(17)12-4-3-5-18-12/h7,12H,3-6H2,1-2H3. The maximum Gasteiger partial charge on any atom is 0.168 e. The van der Waals surface area contributed by atoms with Gasteiger partial charge in [-0.2, -0.15) is 0 Å². The first-order valence-electron chi connectivity index (χ1n) is 6.66. The van der Waals surface area contributed by atoms with Crippen molar-refractivity contribution < 1.29 is 9.53 Å². The van der Waals surface area contributed by atoms with Gasteiger partial charge in [0.1, 0.15) is 11.1 Å². The summed E-state index contributed by atoms with van der Waals surface area (Å²) < 4.78 is 5.42. The van der Waals surface area contributed by atoms with Crippen LogP contribution in [0.5, 0.6) is 0 Å². The number of ether oxygens (including phenoxy) is 1. The van der Waals surface area contributed by atoms with Crippen LogP contribution in [-0.2, 0) is 16.0 Å². The highest BCUT2D eigenvalue weighted by Gasteiger charge is 2.24. The fraction of sp³-hybridized carbons (Fsp3) is 0.500. The molecule has 4 nitrogen and oxygen atoms in total. The third kappa shape index (κ3) is 2.82. The van der Waals surface area contributed by atoms with Crippen LogP contribution in [-0.4, -0.2) is 28.5 Å². The zero-order valence-corrected chi connectivity index (χ0v) is 13.1. The Kier molecular flexibility index (Phi) is 3.96. The van der Waals surface area contributed by atoms with Crippen molar-refractivity contribution in [3.63, 3.8) is 0 Å². The molecule has 6 heteroatoms. The van der Waals surface area contributed by atoms with Gasteiger partial charge in [-0.3, -0.25) is 4.79 Å². The molecular weight excluding hydrogens is 292 g/mol. The molecule has 3 heterocycles. The average molecular weight is 308 g/mol. The van der Waals surface area contributed by atoms with Gasteiger partial charge in [0.15, 0.2) is 5.78 Å². The van der Waals surface area contributed by atoms with Crippen molar-refractivity contribution in [3.05, 3.63) is 21.1 Å². The molecule has 0 spiro atoms. The number of Topliss-reactive ketones (excluding diaryl/α,β-unsaturated/α-hetero) is 1. The molecule has 1 aliphatic rings. The summed E-state index contributed by atoms with van der Waals surface area (Å²) in [4.78, 5) is 22.2. The summed E-state index contributed by atoms with van der Waals surface area (Å²) in [5.74, 6) is 0.153. The molecule has 0 bridgehead atoms. The number of thiazole rings is 2. The van der Waals surface area contributed by atoms with Crippen LogP contribution in [0, 0.1) is 13.8 Å². The van der Waals surface area contributed by atoms with Gasteiger partial charge in [0.2, 0.25) is 0 Å². The molecule has 2 aromatic heterocycles. The molecule has 20 heavy (non-hydrogen) atoms. The number of hydrogen-bond donors (Lipinski definition) is 0. The Hall–Kier alpha value is -1.11. The first kappa shape index (κ1) is 13.9. The zero-order chi connectivity index (χ0) is 14.1. The Balaban J connectivity index is 1.73. The van der Waals surface area contributed by atoms with E-state index < -0.39 is 0 Å². The maximum absolute atomic E-state index is 12.1. The fourth-order valence-corrected chi connectivity index (χ4v) is 4.11. The first-order chi connectivity index (χ1) is 9.63. The van der Waals surface area contributed by atoms with Gasteiger partial charge < -0.3 is 4.74 Å². The molecular formula is C14H16N2O2S2. The molecule has 1 unspecified atom stereocenters. The van der Waals surface area contributed by atoms with Crippen molar-refractivity contribution in [3.8, 4) is 10.6 Å². The number of ketones is 1. The van der Waals surface area contributed by atoms with E-state index in [0.29, 0.717) is 13.0 Å². The van der Waals surface area contributed by atoms with Crippen LogP contribution >= 0.6 is 22.7 Å². The lowest BCUT2D eigenvalue weighted by Crippen LogP contribution is -2.21. The van der Waals surface area contributed by atoms with Gasteiger partial charge in [-0.25, -0.2) is 9.97 Å². The predicted octanol–water partition coefficient (Wildman–Crippen LogP) is 3.17. The number of carbonyl (C=O) groups is 1. The fourth-order valence-electron chi connectivity index (χ4n) is 2.36. The van der Waals surface area contributed by atoms with E-state index in [1.807, 2.05) is 19.2 Å². The van der Waals surface area contributed by atoms with Crippen LogP contribution in [0.25, 0.3) is 10.6 Å². The lowest BCUT2D eigenvalue weighted by atomic mass is 10.1. The summed E-state index contributed by atoms with van der Waals surface area (Å²) in [5, 5.41) is 3.92. The Morgan fingerprint density at radius 3 is 2.95 bits per heavy atom. The molecule has 0 radical (unpaired) electrons. The minimum absolute atomic E-state index is 0.153. The second kappa shape index (κ2) is 5.71. The maximum atomic E-state index is 12.1. The number of aromatic nitrogens is 2. The summed E-state index contributed by atoms with van der Waals surface area (Å²) in [6.45, 7) is 4.70. The topological polar surface area (TPSA) is 52.1 Å². The number of nitrogens with zero attached hydrogens (tertiary/aromatic N) is 2. The van der Waals surface area contributed by atoms with Gasteiger partial charge in [0.25, 0.3) is 0 Å². The summed E-state index contributed by atoms with van der Waals surface area (Å²) in [6, 6.07) is 0. The lowest BCUT2D eigenvalue weighted by molar-refractivity contribution is -0.127. The van der Waals surface area contributed by atoms with Crippen LogP contribution in [0.4, 0.5) is 0 Å². The van der Waals surface area contributed by atoms with Crippen LogP contribution < -0.4 is 0 Å². The van der Waals surface area contributed by atoms with E-state index in [1.54, 1.807) is 22.7 Å². The molecule has 0 saturated carbocycles. The summed E-state index contributed by atoms with van der Waals surface area (Å²) in [5.41, 5.74) is 1.95. The van der Waals surface area contributed by atoms with Crippen LogP contribution in [0.2, 0.25) is 0 Å². The molecule has 0 aromatic carbocycles. The van der Waals surface area contributed by atoms with E-state index in [0.717, 1.165) is 39.1 Å². The number of hydrogen-bond acceptors (Lipinski definition) is 6. The van der Waals surface area contributed by atoms with E-state index >= 15 is 0 Å². The van der Waals surface area contributed by atoms with Gasteiger partial charge in [-0.1, -0.05) is 0 Å². The molecule has 1 atom stereocenters. The molecule has 0 N–H and O–H groups in total. The van der Waals surface area contributed by atoms with Gasteiger partial charge in [0, 0.05) is 12.0 Å². The first-order valence-corrected chi connectivity index (χ1v) is 8.36. The summed E-state index contributed by atoms with van der Waals surface area (Å²) in [6.07, 6.45) is 2.00. The molecule has 0 amide bonds. The highest BCUT2D eigenvalue weighted by Crippen LogP contribution is 2.30. The van der Waals surface area contributed by atoms with Crippen molar-refractivity contribution in [2.45, 2.75) is 39.2 Å². The Morgan fingerprint density at radius 1 is 1.45 bits per heavy atom. The largest absolute Gasteiger partial charge is 0.370 e. The normalized spacial score (nSPS) is 18.6. The van der Waals surface area contributed by atoms with Crippen LogP contribution in [0.15, 0.2) is 5.38 Å². The third-order valence-corrected chi connectivity index (χ3v) is 5.25. The van der Waals surface area contributed by atoms with Crippen molar-refractivity contribution in [1.82, 2.24) is 9.97 Å². The minimum Gasteiger partial charge on any atom is -0.370 e. The van der Waals surface area contributed by atoms with Crippen molar-refractivity contribution in [2.75, 3.05) is 6.61 Å². The number of aryl methyl sites for hydroxylation is 2. The van der Waals surface area contributed by atoms with Crippen molar-refractivity contribution in [1.29, 1.82) is 0 Å². The van der Waals surface area contributed by atoms with E-state index in [4.69, 9.17) is 4.74 Å². The highest BCUT2D eigenvalue weighted by molar-refractivity contribution is 7.16. The smallest absolute Gasteiger partial charge is 0.168 e. The van der Waals surface area contributed by atoms with E-state index in [1.165, 1.54) is 0 Å². The molecule has 106 valence electrons. The second-order valence-corrected chi connectivity index (χ2v) is 7.06. The van der Waals surface area contributed by atoms with Crippen molar-refractivity contribution >= 4 is 28.5 Å². The van der Waals surface area contributed by atoms with E-state index in [-0.39, 0.29) is 11.9 Å². The average Bonchev–Trinajstić information content (AvgIpc) is 3.10. The van der Waals surface area contributed by atoms with Crippen LogP contribution in [0.1, 0.15) is 28.6 Å². The van der Waals surface area contributed by atoms with Gasteiger partial charge in [0.05, 0.1) is 27.7 Å². The molecule has 0 aliphatic carbocycles. The Labute approximate surface area is 125 Å². The predicted molar refractivity (Wildman–Crippen MR) is 80.4 cm³/mol. The quantitative estimate of drug-likeness (QED) is 0.870. The summed E-state index contributed by atoms with van der Waals surface area (Å²) in [7, 11) is 0. The zero-order valence-electron chi connectivity index (χ0n) is 11.5. The molecule has 2 aromatic rings. The van der Waals surface area contributed by atoms with Crippen LogP contribution in [0.3, 0.4) is 0 Å². The number of carbonyl (C=O) groups excluding carboxylic acids is 1. The third-order valence-electron chi connectivity index (χ3n) is 3.30. The summed E-state index contributed by atoms with van der Waals surface area (Å²) >= 11 is 3.19. The second-order valence-electron chi connectivity index (χ2n) is 4.92. The van der Waals surface area contributed by atoms with Gasteiger partial charge >= 0.3 is 0 Å². The Morgan fingerprint density at radius 2 is 2.30 bits per heavy atom. The van der Waals surface area contributed by atoms with Gasteiger partial charge in [-0.15, -0.1) is 22.7 Å². The van der Waals surface area contributed by atoms with Crippen molar-refractivity contribution in [2.24, 2.45) is 0 Å². The minimum atomic E-state index is -0.213. The SMILES string of the molecule is Cc1nc(C)c(-c2csc(CC(=O)C3CCCO3)n2)s1. The lowest BCUT2D eigenvalue weighted by Gasteiger charge is -2.05. The van der Waals surface area contributed by atoms with E-state index in [9.17, 15) is 4.79 Å². The molecule has 1 fully saturated rings. The molecule has 1 aliphatic heterocycles. The number of rotatable bonds is 4. The van der Waals surface area contributed by atoms with E-state index in [2.05, 4.69) is 9.97 Å². The molecule has 3 rings (SSSR count).